The second-order valence-electron chi connectivity index (χ2n) is 0. The molecule has 4 heavy (non-hydrogen) atoms. The van der Waals surface area contributed by atoms with Crippen molar-refractivity contribution in [2.45, 2.75) is 0 Å². The van der Waals surface area contributed by atoms with Crippen LogP contribution >= 0.6 is 0 Å². The standard InChI is InChI=1S/As.B.Ni.Pd. The molecule has 0 aliphatic heterocycles. The predicted molar refractivity (Wildman–Crippen MR) is 11.5 cm³/mol. The molecule has 0 aromatic rings. The summed E-state index contributed by atoms with van der Waals surface area (Å²) in [6.45, 7) is 0. The van der Waals surface area contributed by atoms with Gasteiger partial charge in [0.05, 0.1) is 0 Å². The van der Waals surface area contributed by atoms with Gasteiger partial charge in [-0.05, 0) is 0 Å². The maximum absolute atomic E-state index is 0. The summed E-state index contributed by atoms with van der Waals surface area (Å²) < 4.78 is 0. The van der Waals surface area contributed by atoms with Crippen molar-refractivity contribution in [2.75, 3.05) is 0 Å². The van der Waals surface area contributed by atoms with E-state index in [9.17, 15) is 0 Å². The maximum atomic E-state index is 0. The number of rotatable bonds is 0. The molecule has 0 fully saturated rings. The molecular weight excluding hydrogens is 251 g/mol. The Hall–Kier alpha value is 1.78. The summed E-state index contributed by atoms with van der Waals surface area (Å²) in [7, 11) is 0. The summed E-state index contributed by atoms with van der Waals surface area (Å²) in [6.07, 6.45) is 0. The Morgan fingerprint density at radius 3 is 1.00 bits per heavy atom. The number of hydrogen-bond donors (Lipinski definition) is 0. The summed E-state index contributed by atoms with van der Waals surface area (Å²) in [5.41, 5.74) is 0. The summed E-state index contributed by atoms with van der Waals surface area (Å²) in [5, 5.41) is 0. The molecule has 0 unspecified atom stereocenters. The van der Waals surface area contributed by atoms with Crippen molar-refractivity contribution in [1.29, 1.82) is 0 Å². The Morgan fingerprint density at radius 2 is 1.00 bits per heavy atom. The molecule has 0 aliphatic rings. The van der Waals surface area contributed by atoms with Crippen LogP contribution in [0.5, 0.6) is 0 Å². The quantitative estimate of drug-likeness (QED) is 0.496. The molecule has 0 N–H and O–H groups in total. The molecule has 0 aromatic carbocycles. The molecule has 0 saturated carbocycles. The molecule has 0 aliphatic carbocycles. The largest absolute Gasteiger partial charge is 0 e. The van der Waals surface area contributed by atoms with Crippen LogP contribution in [0.15, 0.2) is 0 Å². The summed E-state index contributed by atoms with van der Waals surface area (Å²) in [6, 6.07) is 0. The number of hydrogen-bond acceptors (Lipinski definition) is 0. The van der Waals surface area contributed by atoms with Crippen LogP contribution in [0.2, 0.25) is 0 Å². The SMILES string of the molecule is [As].[B].[Ni].[Pd]. The van der Waals surface area contributed by atoms with Crippen LogP contribution < -0.4 is 0 Å². The predicted octanol–water partition coefficient (Wildman–Crippen LogP) is -0.767. The molecule has 0 rings (SSSR count). The molecule has 0 amide bonds. The second-order valence-corrected chi connectivity index (χ2v) is 0. The summed E-state index contributed by atoms with van der Waals surface area (Å²) in [4.78, 5) is 0. The Kier molecular flexibility index (Phi) is 225. The fourth-order valence-electron chi connectivity index (χ4n) is 0. The minimum absolute atomic E-state index is 0. The first-order valence-electron chi connectivity index (χ1n) is 0. The van der Waals surface area contributed by atoms with Gasteiger partial charge in [-0.2, -0.15) is 0 Å². The van der Waals surface area contributed by atoms with Crippen LogP contribution in [0.1, 0.15) is 0 Å². The molecule has 28 valence electrons. The minimum atomic E-state index is 0. The Bertz CT molecular complexity index is 8.00. The van der Waals surface area contributed by atoms with Crippen molar-refractivity contribution in [3.05, 3.63) is 0 Å². The van der Waals surface area contributed by atoms with Crippen LogP contribution in [-0.2, 0) is 36.9 Å². The van der Waals surface area contributed by atoms with Gasteiger partial charge in [-0.15, -0.1) is 0 Å². The molecule has 0 heterocycles. The van der Waals surface area contributed by atoms with Crippen molar-refractivity contribution < 1.29 is 36.9 Å². The van der Waals surface area contributed by atoms with E-state index in [2.05, 4.69) is 0 Å². The van der Waals surface area contributed by atoms with Gasteiger partial charge in [0.2, 0.25) is 0 Å². The molecule has 0 bridgehead atoms. The monoisotopic (exact) mass is 250 g/mol. The van der Waals surface area contributed by atoms with Crippen LogP contribution in [0, 0.1) is 0 Å². The third-order valence-corrected chi connectivity index (χ3v) is 0. The summed E-state index contributed by atoms with van der Waals surface area (Å²) >= 11 is 0. The zero-order valence-corrected chi connectivity index (χ0v) is 6.08. The van der Waals surface area contributed by atoms with E-state index >= 15 is 0 Å². The zero-order chi connectivity index (χ0) is 0. The summed E-state index contributed by atoms with van der Waals surface area (Å²) in [5.74, 6) is 0. The second kappa shape index (κ2) is 21.6. The Labute approximate surface area is 63.0 Å². The van der Waals surface area contributed by atoms with Gasteiger partial charge in [-0.1, -0.05) is 0 Å². The van der Waals surface area contributed by atoms with Crippen molar-refractivity contribution in [1.82, 2.24) is 0 Å². The van der Waals surface area contributed by atoms with Crippen LogP contribution in [0.25, 0.3) is 0 Å². The molecule has 0 nitrogen and oxygen atoms in total. The third-order valence-electron chi connectivity index (χ3n) is 0. The van der Waals surface area contributed by atoms with Gasteiger partial charge in [-0.3, -0.25) is 0 Å². The molecule has 0 spiro atoms. The first kappa shape index (κ1) is 41.7. The van der Waals surface area contributed by atoms with Gasteiger partial charge >= 0.3 is 0 Å². The first-order valence-corrected chi connectivity index (χ1v) is 0. The third kappa shape index (κ3) is 9.22. The normalized spacial score (nSPS) is 0. The van der Waals surface area contributed by atoms with E-state index in [0.29, 0.717) is 0 Å². The van der Waals surface area contributed by atoms with E-state index in [0.717, 1.165) is 0 Å². The average Bonchev–Trinajstić information content (AvgIpc) is 0. The van der Waals surface area contributed by atoms with Gasteiger partial charge in [0.15, 0.2) is 0 Å². The van der Waals surface area contributed by atoms with Gasteiger partial charge in [0.25, 0.3) is 0 Å². The van der Waals surface area contributed by atoms with E-state index in [1.165, 1.54) is 0 Å². The smallest absolute Gasteiger partial charge is 0 e. The molecule has 6 radical (unpaired) electrons. The van der Waals surface area contributed by atoms with E-state index < -0.39 is 0 Å². The van der Waals surface area contributed by atoms with E-state index in [4.69, 9.17) is 0 Å². The molecule has 0 aromatic heterocycles. The van der Waals surface area contributed by atoms with Gasteiger partial charge < -0.3 is 0 Å². The van der Waals surface area contributed by atoms with Crippen molar-refractivity contribution in [3.8, 4) is 0 Å². The van der Waals surface area contributed by atoms with Gasteiger partial charge in [-0.25, -0.2) is 0 Å². The van der Waals surface area contributed by atoms with Crippen molar-refractivity contribution in [2.24, 2.45) is 0 Å². The minimum Gasteiger partial charge on any atom is 0 e. The van der Waals surface area contributed by atoms with Gasteiger partial charge in [0.1, 0.15) is 0 Å². The fourth-order valence-corrected chi connectivity index (χ4v) is 0. The van der Waals surface area contributed by atoms with E-state index in [1.54, 1.807) is 0 Å². The Balaban J connectivity index is 0. The molecule has 4 heteroatoms. The average molecular weight is 251 g/mol. The molecule has 0 atom stereocenters. The van der Waals surface area contributed by atoms with E-state index in [-0.39, 0.29) is 63.3 Å². The zero-order valence-electron chi connectivity index (χ0n) is 1.66. The van der Waals surface area contributed by atoms with Crippen molar-refractivity contribution >= 4 is 26.4 Å². The Morgan fingerprint density at radius 1 is 1.00 bits per heavy atom. The topological polar surface area (TPSA) is 0 Å². The molecule has 0 saturated heterocycles. The van der Waals surface area contributed by atoms with Crippen molar-refractivity contribution in [3.63, 3.8) is 0 Å². The van der Waals surface area contributed by atoms with E-state index in [1.807, 2.05) is 0 Å². The maximum Gasteiger partial charge on any atom is 0 e. The van der Waals surface area contributed by atoms with Crippen LogP contribution in [0.3, 0.4) is 0 Å². The van der Waals surface area contributed by atoms with Crippen LogP contribution in [0.4, 0.5) is 0 Å². The first-order chi connectivity index (χ1) is 0. The van der Waals surface area contributed by atoms with Gasteiger partial charge in [0, 0.05) is 63.3 Å². The fraction of sp³-hybridized carbons (Fsp3) is 0. The van der Waals surface area contributed by atoms with Crippen LogP contribution in [-0.4, -0.2) is 26.4 Å². The molecular formula is AsBNiPd.